The van der Waals surface area contributed by atoms with Crippen LogP contribution >= 0.6 is 0 Å². The number of carbonyl (C=O) groups excluding carboxylic acids is 2. The van der Waals surface area contributed by atoms with Gasteiger partial charge in [-0.05, 0) is 63.8 Å². The number of nitrogens with one attached hydrogen (secondary N) is 2. The standard InChI is InChI=1S/C26H34N4O6S2/c1-19-7-11-21(12-8-19)37(33,34)29-17-3-5-23(29)25(31)27-15-16-28-26(32)24-6-4-18-30(24)38(35,36)22-13-9-20(2)10-14-22/h7-14,23-24H,3-6,15-18H2,1-2H3,(H,27,31)(H,28,32)/t23-,24-/m1/s1. The highest BCUT2D eigenvalue weighted by molar-refractivity contribution is 7.89. The number of hydrogen-bond acceptors (Lipinski definition) is 6. The molecule has 2 aliphatic heterocycles. The maximum atomic E-state index is 13.1. The van der Waals surface area contributed by atoms with Gasteiger partial charge in [0.25, 0.3) is 0 Å². The van der Waals surface area contributed by atoms with E-state index < -0.39 is 43.9 Å². The minimum atomic E-state index is -3.81. The number of carbonyl (C=O) groups is 2. The largest absolute Gasteiger partial charge is 0.353 e. The molecule has 2 fully saturated rings. The van der Waals surface area contributed by atoms with Gasteiger partial charge in [0.1, 0.15) is 12.1 Å². The molecule has 0 spiro atoms. The number of benzene rings is 2. The van der Waals surface area contributed by atoms with Crippen LogP contribution in [0.2, 0.25) is 0 Å². The molecule has 2 amide bonds. The fourth-order valence-electron chi connectivity index (χ4n) is 4.88. The minimum absolute atomic E-state index is 0.0942. The fourth-order valence-corrected chi connectivity index (χ4v) is 8.19. The Morgan fingerprint density at radius 3 is 1.37 bits per heavy atom. The molecule has 12 heteroatoms. The molecule has 206 valence electrons. The number of aryl methyl sites for hydroxylation is 2. The molecule has 4 rings (SSSR count). The van der Waals surface area contributed by atoms with Crippen LogP contribution in [0.5, 0.6) is 0 Å². The first-order valence-corrected chi connectivity index (χ1v) is 15.6. The van der Waals surface area contributed by atoms with Gasteiger partial charge >= 0.3 is 0 Å². The molecule has 2 saturated heterocycles. The first kappa shape index (κ1) is 28.2. The number of sulfonamides is 2. The van der Waals surface area contributed by atoms with Crippen molar-refractivity contribution >= 4 is 31.9 Å². The summed E-state index contributed by atoms with van der Waals surface area (Å²) in [5.74, 6) is -0.839. The first-order valence-electron chi connectivity index (χ1n) is 12.7. The van der Waals surface area contributed by atoms with E-state index in [2.05, 4.69) is 10.6 Å². The van der Waals surface area contributed by atoms with Gasteiger partial charge in [-0.15, -0.1) is 0 Å². The van der Waals surface area contributed by atoms with Gasteiger partial charge in [-0.25, -0.2) is 16.8 Å². The highest BCUT2D eigenvalue weighted by Crippen LogP contribution is 2.27. The van der Waals surface area contributed by atoms with Crippen LogP contribution in [-0.4, -0.2) is 75.5 Å². The van der Waals surface area contributed by atoms with E-state index in [0.29, 0.717) is 25.7 Å². The minimum Gasteiger partial charge on any atom is -0.353 e. The fraction of sp³-hybridized carbons (Fsp3) is 0.462. The molecule has 2 aliphatic rings. The summed E-state index contributed by atoms with van der Waals surface area (Å²) >= 11 is 0. The molecule has 2 aromatic carbocycles. The topological polar surface area (TPSA) is 133 Å². The van der Waals surface area contributed by atoms with Crippen molar-refractivity contribution in [2.45, 2.75) is 61.4 Å². The zero-order valence-corrected chi connectivity index (χ0v) is 23.2. The van der Waals surface area contributed by atoms with Crippen LogP contribution in [-0.2, 0) is 29.6 Å². The first-order chi connectivity index (χ1) is 18.0. The highest BCUT2D eigenvalue weighted by atomic mass is 32.2. The molecule has 0 aromatic heterocycles. The van der Waals surface area contributed by atoms with Crippen molar-refractivity contribution in [3.63, 3.8) is 0 Å². The number of rotatable bonds is 9. The second-order valence-corrected chi connectivity index (χ2v) is 13.5. The number of nitrogens with zero attached hydrogens (tertiary/aromatic N) is 2. The van der Waals surface area contributed by atoms with E-state index in [4.69, 9.17) is 0 Å². The summed E-state index contributed by atoms with van der Waals surface area (Å²) in [6.45, 7) is 4.45. The van der Waals surface area contributed by atoms with E-state index in [1.165, 1.54) is 8.61 Å². The predicted octanol–water partition coefficient (Wildman–Crippen LogP) is 1.54. The molecule has 38 heavy (non-hydrogen) atoms. The van der Waals surface area contributed by atoms with Crippen molar-refractivity contribution in [2.24, 2.45) is 0 Å². The Kier molecular flexibility index (Phi) is 8.55. The third-order valence-electron chi connectivity index (χ3n) is 6.99. The van der Waals surface area contributed by atoms with Gasteiger partial charge in [0, 0.05) is 26.2 Å². The predicted molar refractivity (Wildman–Crippen MR) is 142 cm³/mol. The molecular formula is C26H34N4O6S2. The Labute approximate surface area is 224 Å². The van der Waals surface area contributed by atoms with Crippen molar-refractivity contribution in [2.75, 3.05) is 26.2 Å². The van der Waals surface area contributed by atoms with Crippen LogP contribution in [0.1, 0.15) is 36.8 Å². The van der Waals surface area contributed by atoms with Crippen LogP contribution < -0.4 is 10.6 Å². The summed E-state index contributed by atoms with van der Waals surface area (Å²) in [6, 6.07) is 11.4. The summed E-state index contributed by atoms with van der Waals surface area (Å²) in [5.41, 5.74) is 1.88. The molecule has 2 atom stereocenters. The summed E-state index contributed by atoms with van der Waals surface area (Å²) in [4.78, 5) is 26.0. The Morgan fingerprint density at radius 2 is 1.03 bits per heavy atom. The van der Waals surface area contributed by atoms with Gasteiger partial charge in [-0.3, -0.25) is 9.59 Å². The van der Waals surface area contributed by atoms with E-state index in [-0.39, 0.29) is 36.0 Å². The van der Waals surface area contributed by atoms with Gasteiger partial charge in [-0.1, -0.05) is 35.4 Å². The van der Waals surface area contributed by atoms with Crippen molar-refractivity contribution < 1.29 is 26.4 Å². The summed E-state index contributed by atoms with van der Waals surface area (Å²) in [5, 5.41) is 5.43. The lowest BCUT2D eigenvalue weighted by Crippen LogP contribution is -2.49. The van der Waals surface area contributed by atoms with Gasteiger partial charge in [-0.2, -0.15) is 8.61 Å². The van der Waals surface area contributed by atoms with Crippen molar-refractivity contribution in [3.8, 4) is 0 Å². The molecular weight excluding hydrogens is 528 g/mol. The van der Waals surface area contributed by atoms with Gasteiger partial charge in [0.05, 0.1) is 9.79 Å². The van der Waals surface area contributed by atoms with Crippen LogP contribution in [0.15, 0.2) is 58.3 Å². The maximum Gasteiger partial charge on any atom is 0.243 e. The van der Waals surface area contributed by atoms with Crippen LogP contribution in [0, 0.1) is 13.8 Å². The van der Waals surface area contributed by atoms with Crippen molar-refractivity contribution in [1.29, 1.82) is 0 Å². The molecule has 2 N–H and O–H groups in total. The zero-order valence-electron chi connectivity index (χ0n) is 21.6. The Balaban J connectivity index is 1.30. The average Bonchev–Trinajstić information content (AvgIpc) is 3.58. The van der Waals surface area contributed by atoms with Crippen molar-refractivity contribution in [1.82, 2.24) is 19.2 Å². The number of amides is 2. The second kappa shape index (κ2) is 11.5. The van der Waals surface area contributed by atoms with Gasteiger partial charge in [0.15, 0.2) is 0 Å². The normalized spacial score (nSPS) is 20.9. The zero-order chi connectivity index (χ0) is 27.5. The number of hydrogen-bond donors (Lipinski definition) is 2. The summed E-state index contributed by atoms with van der Waals surface area (Å²) in [7, 11) is -7.62. The third kappa shape index (κ3) is 5.93. The maximum absolute atomic E-state index is 13.1. The summed E-state index contributed by atoms with van der Waals surface area (Å²) < 4.78 is 54.8. The molecule has 0 unspecified atom stereocenters. The van der Waals surface area contributed by atoms with E-state index in [1.54, 1.807) is 48.5 Å². The summed E-state index contributed by atoms with van der Waals surface area (Å²) in [6.07, 6.45) is 1.98. The Bertz CT molecular complexity index is 1270. The smallest absolute Gasteiger partial charge is 0.243 e. The highest BCUT2D eigenvalue weighted by Gasteiger charge is 2.40. The van der Waals surface area contributed by atoms with Crippen LogP contribution in [0.25, 0.3) is 0 Å². The van der Waals surface area contributed by atoms with Crippen molar-refractivity contribution in [3.05, 3.63) is 59.7 Å². The molecule has 0 aliphatic carbocycles. The molecule has 0 bridgehead atoms. The van der Waals surface area contributed by atoms with Gasteiger partial charge in [0.2, 0.25) is 31.9 Å². The average molecular weight is 563 g/mol. The lowest BCUT2D eigenvalue weighted by Gasteiger charge is -2.24. The molecule has 0 saturated carbocycles. The molecule has 2 aromatic rings. The van der Waals surface area contributed by atoms with Gasteiger partial charge < -0.3 is 10.6 Å². The Morgan fingerprint density at radius 1 is 0.684 bits per heavy atom. The van der Waals surface area contributed by atoms with Crippen LogP contribution in [0.4, 0.5) is 0 Å². The molecule has 2 heterocycles. The van der Waals surface area contributed by atoms with E-state index in [0.717, 1.165) is 11.1 Å². The lowest BCUT2D eigenvalue weighted by atomic mass is 10.2. The lowest BCUT2D eigenvalue weighted by molar-refractivity contribution is -0.126. The second-order valence-electron chi connectivity index (χ2n) is 9.76. The third-order valence-corrected chi connectivity index (χ3v) is 10.8. The molecule has 10 nitrogen and oxygen atoms in total. The Hall–Kier alpha value is -2.80. The monoisotopic (exact) mass is 562 g/mol. The SMILES string of the molecule is Cc1ccc(S(=O)(=O)N2CCC[C@@H]2C(=O)NCCNC(=O)[C@H]2CCCN2S(=O)(=O)c2ccc(C)cc2)cc1. The van der Waals surface area contributed by atoms with E-state index in [9.17, 15) is 26.4 Å². The van der Waals surface area contributed by atoms with E-state index in [1.807, 2.05) is 13.8 Å². The van der Waals surface area contributed by atoms with E-state index >= 15 is 0 Å². The van der Waals surface area contributed by atoms with Crippen LogP contribution in [0.3, 0.4) is 0 Å². The quantitative estimate of drug-likeness (QED) is 0.446. The molecule has 0 radical (unpaired) electrons.